The van der Waals surface area contributed by atoms with Gasteiger partial charge in [0.2, 0.25) is 5.91 Å². The fourth-order valence-corrected chi connectivity index (χ4v) is 2.82. The lowest BCUT2D eigenvalue weighted by Crippen LogP contribution is -2.40. The minimum atomic E-state index is -0.959. The summed E-state index contributed by atoms with van der Waals surface area (Å²) in [6, 6.07) is 10.1. The normalized spacial score (nSPS) is 11.1. The summed E-state index contributed by atoms with van der Waals surface area (Å²) in [6.45, 7) is 5.60. The predicted molar refractivity (Wildman–Crippen MR) is 99.4 cm³/mol. The van der Waals surface area contributed by atoms with E-state index in [1.54, 1.807) is 24.3 Å². The quantitative estimate of drug-likeness (QED) is 0.766. The second kappa shape index (κ2) is 8.31. The van der Waals surface area contributed by atoms with E-state index < -0.39 is 17.2 Å². The number of hydrogen-bond donors (Lipinski definition) is 2. The number of carbonyl (C=O) groups excluding carboxylic acids is 2. The Morgan fingerprint density at radius 1 is 1.04 bits per heavy atom. The molecular weight excluding hydrogens is 358 g/mol. The lowest BCUT2D eigenvalue weighted by Gasteiger charge is -2.21. The molecule has 2 aromatic carbocycles. The molecular formula is C19H20F2N2O2S. The number of halogens is 2. The van der Waals surface area contributed by atoms with Crippen molar-refractivity contribution in [1.82, 2.24) is 5.32 Å². The van der Waals surface area contributed by atoms with E-state index in [9.17, 15) is 18.4 Å². The van der Waals surface area contributed by atoms with Crippen molar-refractivity contribution >= 4 is 29.3 Å². The van der Waals surface area contributed by atoms with Crippen LogP contribution < -0.4 is 10.6 Å². The van der Waals surface area contributed by atoms with Crippen LogP contribution >= 0.6 is 11.8 Å². The largest absolute Gasteiger partial charge is 0.347 e. The third-order valence-corrected chi connectivity index (χ3v) is 4.19. The summed E-state index contributed by atoms with van der Waals surface area (Å²) in [6.07, 6.45) is 0. The molecule has 0 unspecified atom stereocenters. The standard InChI is InChI=1S/C19H20F2N2O2S/c1-19(2,3)23-18(25)13-6-4-5-7-16(13)22-17(24)11-26-12-8-9-14(20)15(21)10-12/h4-10H,11H2,1-3H3,(H,22,24)(H,23,25). The van der Waals surface area contributed by atoms with Gasteiger partial charge >= 0.3 is 0 Å². The molecule has 0 aromatic heterocycles. The number of carbonyl (C=O) groups is 2. The van der Waals surface area contributed by atoms with Crippen molar-refractivity contribution in [1.29, 1.82) is 0 Å². The highest BCUT2D eigenvalue weighted by atomic mass is 32.2. The molecule has 0 spiro atoms. The van der Waals surface area contributed by atoms with Gasteiger partial charge in [0.1, 0.15) is 0 Å². The van der Waals surface area contributed by atoms with Crippen LogP contribution in [0.5, 0.6) is 0 Å². The van der Waals surface area contributed by atoms with Gasteiger partial charge in [0.25, 0.3) is 5.91 Å². The van der Waals surface area contributed by atoms with Crippen molar-refractivity contribution in [3.05, 3.63) is 59.7 Å². The Kier molecular flexibility index (Phi) is 6.37. The van der Waals surface area contributed by atoms with E-state index in [4.69, 9.17) is 0 Å². The summed E-state index contributed by atoms with van der Waals surface area (Å²) in [7, 11) is 0. The first-order chi connectivity index (χ1) is 12.2. The highest BCUT2D eigenvalue weighted by molar-refractivity contribution is 8.00. The average molecular weight is 378 g/mol. The molecule has 2 aromatic rings. The summed E-state index contributed by atoms with van der Waals surface area (Å²) in [5.74, 6) is -2.53. The van der Waals surface area contributed by atoms with Crippen LogP contribution in [0.4, 0.5) is 14.5 Å². The SMILES string of the molecule is CC(C)(C)NC(=O)c1ccccc1NC(=O)CSc1ccc(F)c(F)c1. The Balaban J connectivity index is 2.02. The molecule has 2 amide bonds. The van der Waals surface area contributed by atoms with Crippen molar-refractivity contribution in [3.8, 4) is 0 Å². The zero-order valence-corrected chi connectivity index (χ0v) is 15.5. The molecule has 0 radical (unpaired) electrons. The maximum Gasteiger partial charge on any atom is 0.253 e. The summed E-state index contributed by atoms with van der Waals surface area (Å²) in [5, 5.41) is 5.53. The molecule has 0 aliphatic heterocycles. The number of amides is 2. The molecule has 2 rings (SSSR count). The number of para-hydroxylation sites is 1. The number of thioether (sulfide) groups is 1. The van der Waals surface area contributed by atoms with Crippen molar-refractivity contribution in [2.75, 3.05) is 11.1 Å². The average Bonchev–Trinajstić information content (AvgIpc) is 2.55. The van der Waals surface area contributed by atoms with Gasteiger partial charge in [0.05, 0.1) is 17.0 Å². The van der Waals surface area contributed by atoms with Crippen LogP contribution in [0.3, 0.4) is 0 Å². The molecule has 0 bridgehead atoms. The number of hydrogen-bond acceptors (Lipinski definition) is 3. The van der Waals surface area contributed by atoms with E-state index in [-0.39, 0.29) is 17.6 Å². The van der Waals surface area contributed by atoms with Crippen LogP contribution in [0.25, 0.3) is 0 Å². The van der Waals surface area contributed by atoms with Crippen molar-refractivity contribution in [3.63, 3.8) is 0 Å². The summed E-state index contributed by atoms with van der Waals surface area (Å²) in [5.41, 5.74) is 0.343. The van der Waals surface area contributed by atoms with Gasteiger partial charge in [-0.05, 0) is 51.1 Å². The molecule has 0 aliphatic carbocycles. The summed E-state index contributed by atoms with van der Waals surface area (Å²) < 4.78 is 26.1. The van der Waals surface area contributed by atoms with E-state index in [1.165, 1.54) is 6.07 Å². The van der Waals surface area contributed by atoms with Gasteiger partial charge in [-0.3, -0.25) is 9.59 Å². The molecule has 2 N–H and O–H groups in total. The maximum absolute atomic E-state index is 13.2. The zero-order chi connectivity index (χ0) is 19.3. The minimum Gasteiger partial charge on any atom is -0.347 e. The lowest BCUT2D eigenvalue weighted by atomic mass is 10.1. The van der Waals surface area contributed by atoms with E-state index in [1.807, 2.05) is 20.8 Å². The minimum absolute atomic E-state index is 0.000294. The molecule has 0 saturated carbocycles. The topological polar surface area (TPSA) is 58.2 Å². The number of benzene rings is 2. The molecule has 4 nitrogen and oxygen atoms in total. The van der Waals surface area contributed by atoms with E-state index in [2.05, 4.69) is 10.6 Å². The monoisotopic (exact) mass is 378 g/mol. The fraction of sp³-hybridized carbons (Fsp3) is 0.263. The molecule has 0 heterocycles. The van der Waals surface area contributed by atoms with Crippen molar-refractivity contribution in [2.24, 2.45) is 0 Å². The van der Waals surface area contributed by atoms with Crippen LogP contribution in [-0.2, 0) is 4.79 Å². The number of nitrogens with one attached hydrogen (secondary N) is 2. The first-order valence-electron chi connectivity index (χ1n) is 7.95. The molecule has 0 atom stereocenters. The molecule has 0 saturated heterocycles. The zero-order valence-electron chi connectivity index (χ0n) is 14.7. The number of rotatable bonds is 5. The molecule has 7 heteroatoms. The third kappa shape index (κ3) is 5.84. The van der Waals surface area contributed by atoms with Gasteiger partial charge in [-0.15, -0.1) is 11.8 Å². The Hall–Kier alpha value is -2.41. The van der Waals surface area contributed by atoms with E-state index >= 15 is 0 Å². The third-order valence-electron chi connectivity index (χ3n) is 3.20. The molecule has 0 aliphatic rings. The van der Waals surface area contributed by atoms with Crippen molar-refractivity contribution in [2.45, 2.75) is 31.2 Å². The fourth-order valence-electron chi connectivity index (χ4n) is 2.10. The van der Waals surface area contributed by atoms with Crippen LogP contribution in [-0.4, -0.2) is 23.1 Å². The first-order valence-corrected chi connectivity index (χ1v) is 8.93. The molecule has 138 valence electrons. The Labute approximate surface area is 155 Å². The van der Waals surface area contributed by atoms with Crippen LogP contribution in [0.1, 0.15) is 31.1 Å². The first kappa shape index (κ1) is 19.9. The van der Waals surface area contributed by atoms with Gasteiger partial charge in [0.15, 0.2) is 11.6 Å². The predicted octanol–water partition coefficient (Wildman–Crippen LogP) is 4.22. The maximum atomic E-state index is 13.2. The number of anilines is 1. The molecule has 26 heavy (non-hydrogen) atoms. The van der Waals surface area contributed by atoms with Gasteiger partial charge in [0, 0.05) is 10.4 Å². The second-order valence-corrected chi connectivity index (χ2v) is 7.71. The Morgan fingerprint density at radius 2 is 1.73 bits per heavy atom. The van der Waals surface area contributed by atoms with Gasteiger partial charge < -0.3 is 10.6 Å². The molecule has 0 fully saturated rings. The van der Waals surface area contributed by atoms with Crippen LogP contribution in [0, 0.1) is 11.6 Å². The van der Waals surface area contributed by atoms with Crippen LogP contribution in [0.15, 0.2) is 47.4 Å². The van der Waals surface area contributed by atoms with Gasteiger partial charge in [-0.25, -0.2) is 8.78 Å². The van der Waals surface area contributed by atoms with Gasteiger partial charge in [-0.2, -0.15) is 0 Å². The van der Waals surface area contributed by atoms with E-state index in [0.29, 0.717) is 16.1 Å². The second-order valence-electron chi connectivity index (χ2n) is 6.66. The highest BCUT2D eigenvalue weighted by Gasteiger charge is 2.18. The Bertz CT molecular complexity index is 819. The van der Waals surface area contributed by atoms with Crippen molar-refractivity contribution < 1.29 is 18.4 Å². The lowest BCUT2D eigenvalue weighted by molar-refractivity contribution is -0.113. The summed E-state index contributed by atoms with van der Waals surface area (Å²) >= 11 is 1.08. The summed E-state index contributed by atoms with van der Waals surface area (Å²) in [4.78, 5) is 25.0. The smallest absolute Gasteiger partial charge is 0.253 e. The van der Waals surface area contributed by atoms with Gasteiger partial charge in [-0.1, -0.05) is 12.1 Å². The highest BCUT2D eigenvalue weighted by Crippen LogP contribution is 2.21. The Morgan fingerprint density at radius 3 is 2.38 bits per heavy atom. The van der Waals surface area contributed by atoms with E-state index in [0.717, 1.165) is 23.9 Å². The van der Waals surface area contributed by atoms with Crippen LogP contribution in [0.2, 0.25) is 0 Å².